The molecule has 0 bridgehead atoms. The first kappa shape index (κ1) is 21.6. The van der Waals surface area contributed by atoms with Gasteiger partial charge in [0.2, 0.25) is 5.91 Å². The molecule has 6 heteroatoms. The number of anilines is 1. The molecule has 5 nitrogen and oxygen atoms in total. The maximum atomic E-state index is 13.2. The normalized spacial score (nSPS) is 25.6. The van der Waals surface area contributed by atoms with Crippen LogP contribution in [-0.2, 0) is 16.1 Å². The molecule has 3 unspecified atom stereocenters. The van der Waals surface area contributed by atoms with E-state index in [1.165, 1.54) is 17.1 Å². The zero-order valence-electron chi connectivity index (χ0n) is 17.7. The van der Waals surface area contributed by atoms with Gasteiger partial charge in [0, 0.05) is 49.9 Å². The van der Waals surface area contributed by atoms with E-state index in [1.54, 1.807) is 0 Å². The third-order valence-corrected chi connectivity index (χ3v) is 6.39. The summed E-state index contributed by atoms with van der Waals surface area (Å²) in [7, 11) is 0. The number of benzene rings is 1. The van der Waals surface area contributed by atoms with Crippen LogP contribution in [0.25, 0.3) is 0 Å². The monoisotopic (exact) mass is 405 g/mol. The van der Waals surface area contributed by atoms with Crippen molar-refractivity contribution in [1.82, 2.24) is 9.80 Å². The van der Waals surface area contributed by atoms with Gasteiger partial charge < -0.3 is 10.1 Å². The molecule has 3 atom stereocenters. The van der Waals surface area contributed by atoms with Gasteiger partial charge in [-0.2, -0.15) is 11.8 Å². The summed E-state index contributed by atoms with van der Waals surface area (Å²) in [6.45, 7) is 13.3. The van der Waals surface area contributed by atoms with Crippen molar-refractivity contribution < 1.29 is 9.53 Å². The predicted octanol–water partition coefficient (Wildman–Crippen LogP) is 3.31. The Morgan fingerprint density at radius 2 is 1.89 bits per heavy atom. The maximum Gasteiger partial charge on any atom is 0.241 e. The molecule has 1 aromatic carbocycles. The van der Waals surface area contributed by atoms with E-state index in [2.05, 4.69) is 54.9 Å². The number of ether oxygens (including phenoxy) is 1. The van der Waals surface area contributed by atoms with Crippen LogP contribution in [-0.4, -0.2) is 71.6 Å². The number of nitrogens with one attached hydrogen (secondary N) is 1. The number of carbonyl (C=O) groups excluding carboxylic acids is 1. The Morgan fingerprint density at radius 3 is 2.54 bits per heavy atom. The first-order valence-corrected chi connectivity index (χ1v) is 11.7. The number of morpholine rings is 1. The van der Waals surface area contributed by atoms with Crippen LogP contribution in [0.3, 0.4) is 0 Å². The van der Waals surface area contributed by atoms with Gasteiger partial charge in [-0.25, -0.2) is 0 Å². The number of hydrogen-bond acceptors (Lipinski definition) is 5. The lowest BCUT2D eigenvalue weighted by molar-refractivity contribution is -0.130. The summed E-state index contributed by atoms with van der Waals surface area (Å²) in [5.41, 5.74) is 2.16. The predicted molar refractivity (Wildman–Crippen MR) is 118 cm³/mol. The number of carbonyl (C=O) groups is 1. The largest absolute Gasteiger partial charge is 0.373 e. The topological polar surface area (TPSA) is 44.8 Å². The van der Waals surface area contributed by atoms with Crippen molar-refractivity contribution in [2.75, 3.05) is 43.0 Å². The van der Waals surface area contributed by atoms with E-state index in [9.17, 15) is 4.79 Å². The molecule has 2 saturated heterocycles. The second-order valence-electron chi connectivity index (χ2n) is 8.48. The van der Waals surface area contributed by atoms with Crippen molar-refractivity contribution in [2.24, 2.45) is 5.92 Å². The molecular weight excluding hydrogens is 370 g/mol. The summed E-state index contributed by atoms with van der Waals surface area (Å²) in [6, 6.07) is 8.18. The van der Waals surface area contributed by atoms with Crippen LogP contribution in [0.4, 0.5) is 5.69 Å². The van der Waals surface area contributed by atoms with Crippen molar-refractivity contribution in [3.05, 3.63) is 29.8 Å². The summed E-state index contributed by atoms with van der Waals surface area (Å²) in [6.07, 6.45) is 0.313. The van der Waals surface area contributed by atoms with Crippen molar-refractivity contribution in [3.63, 3.8) is 0 Å². The van der Waals surface area contributed by atoms with Gasteiger partial charge >= 0.3 is 0 Å². The zero-order valence-corrected chi connectivity index (χ0v) is 18.5. The number of rotatable bonds is 6. The molecule has 28 heavy (non-hydrogen) atoms. The van der Waals surface area contributed by atoms with Crippen molar-refractivity contribution in [3.8, 4) is 0 Å². The molecule has 0 aliphatic carbocycles. The van der Waals surface area contributed by atoms with Gasteiger partial charge in [-0.3, -0.25) is 14.6 Å². The van der Waals surface area contributed by atoms with E-state index >= 15 is 0 Å². The minimum absolute atomic E-state index is 0.0859. The Kier molecular flexibility index (Phi) is 7.80. The number of hydrogen-bond donors (Lipinski definition) is 1. The summed E-state index contributed by atoms with van der Waals surface area (Å²) in [5.74, 6) is 2.75. The van der Waals surface area contributed by atoms with Crippen molar-refractivity contribution in [2.45, 2.75) is 52.5 Å². The number of nitrogens with zero attached hydrogens (tertiary/aromatic N) is 2. The molecule has 2 aliphatic rings. The minimum atomic E-state index is -0.142. The van der Waals surface area contributed by atoms with E-state index in [1.807, 2.05) is 23.9 Å². The highest BCUT2D eigenvalue weighted by Crippen LogP contribution is 2.21. The average Bonchev–Trinajstić information content (AvgIpc) is 2.62. The zero-order chi connectivity index (χ0) is 20.1. The molecule has 1 N–H and O–H groups in total. The van der Waals surface area contributed by atoms with Gasteiger partial charge in [0.25, 0.3) is 0 Å². The number of thioether (sulfide) groups is 1. The Labute approximate surface area is 174 Å². The summed E-state index contributed by atoms with van der Waals surface area (Å²) in [5, 5.41) is 3.18. The van der Waals surface area contributed by atoms with Crippen LogP contribution in [0, 0.1) is 5.92 Å². The van der Waals surface area contributed by atoms with Gasteiger partial charge in [-0.15, -0.1) is 0 Å². The smallest absolute Gasteiger partial charge is 0.241 e. The highest BCUT2D eigenvalue weighted by Gasteiger charge is 2.34. The SMILES string of the molecule is CC1CN(C(C(=O)Nc2cccc(CN3CCSCC3)c2)C(C)C)CC(C)O1. The van der Waals surface area contributed by atoms with Gasteiger partial charge in [-0.05, 0) is 37.5 Å². The average molecular weight is 406 g/mol. The molecule has 0 spiro atoms. The maximum absolute atomic E-state index is 13.2. The standard InChI is InChI=1S/C22H35N3O2S/c1-16(2)21(25-13-17(3)27-18(4)14-25)22(26)23-20-7-5-6-19(12-20)15-24-8-10-28-11-9-24/h5-7,12,16-18,21H,8-11,13-15H2,1-4H3,(H,23,26). The van der Waals surface area contributed by atoms with Gasteiger partial charge in [-0.1, -0.05) is 26.0 Å². The molecule has 2 aliphatic heterocycles. The summed E-state index contributed by atoms with van der Waals surface area (Å²) >= 11 is 2.03. The van der Waals surface area contributed by atoms with E-state index < -0.39 is 0 Å². The molecule has 156 valence electrons. The fourth-order valence-corrected chi connectivity index (χ4v) is 5.29. The Morgan fingerprint density at radius 1 is 1.21 bits per heavy atom. The molecule has 1 aromatic rings. The van der Waals surface area contributed by atoms with Crippen molar-refractivity contribution in [1.29, 1.82) is 0 Å². The first-order chi connectivity index (χ1) is 13.4. The van der Waals surface area contributed by atoms with Gasteiger partial charge in [0.15, 0.2) is 0 Å². The van der Waals surface area contributed by atoms with E-state index in [4.69, 9.17) is 4.74 Å². The van der Waals surface area contributed by atoms with E-state index in [-0.39, 0.29) is 30.1 Å². The van der Waals surface area contributed by atoms with Crippen LogP contribution >= 0.6 is 11.8 Å². The quantitative estimate of drug-likeness (QED) is 0.787. The van der Waals surface area contributed by atoms with E-state index in [0.717, 1.165) is 38.4 Å². The lowest BCUT2D eigenvalue weighted by Crippen LogP contribution is -2.55. The third kappa shape index (κ3) is 5.96. The molecule has 0 saturated carbocycles. The fourth-order valence-electron chi connectivity index (χ4n) is 4.32. The molecule has 0 radical (unpaired) electrons. The molecule has 2 fully saturated rings. The molecule has 1 amide bonds. The Hall–Kier alpha value is -1.08. The van der Waals surface area contributed by atoms with E-state index in [0.29, 0.717) is 0 Å². The van der Waals surface area contributed by atoms with Crippen LogP contribution < -0.4 is 5.32 Å². The second-order valence-corrected chi connectivity index (χ2v) is 9.70. The molecule has 3 rings (SSSR count). The van der Waals surface area contributed by atoms with Crippen LogP contribution in [0.5, 0.6) is 0 Å². The van der Waals surface area contributed by atoms with Gasteiger partial charge in [0.1, 0.15) is 0 Å². The van der Waals surface area contributed by atoms with Crippen LogP contribution in [0.1, 0.15) is 33.3 Å². The fraction of sp³-hybridized carbons (Fsp3) is 0.682. The van der Waals surface area contributed by atoms with Crippen LogP contribution in [0.2, 0.25) is 0 Å². The summed E-state index contributed by atoms with van der Waals surface area (Å²) in [4.78, 5) is 17.9. The Balaban J connectivity index is 1.65. The van der Waals surface area contributed by atoms with Crippen molar-refractivity contribution >= 4 is 23.4 Å². The highest BCUT2D eigenvalue weighted by atomic mass is 32.2. The lowest BCUT2D eigenvalue weighted by atomic mass is 9.99. The van der Waals surface area contributed by atoms with Crippen LogP contribution in [0.15, 0.2) is 24.3 Å². The molecule has 2 heterocycles. The first-order valence-electron chi connectivity index (χ1n) is 10.5. The van der Waals surface area contributed by atoms with Gasteiger partial charge in [0.05, 0.1) is 18.2 Å². The third-order valence-electron chi connectivity index (χ3n) is 5.45. The second kappa shape index (κ2) is 10.1. The highest BCUT2D eigenvalue weighted by molar-refractivity contribution is 7.99. The molecule has 0 aromatic heterocycles. The Bertz CT molecular complexity index is 638. The lowest BCUT2D eigenvalue weighted by Gasteiger charge is -2.41. The molecular formula is C22H35N3O2S. The number of amides is 1. The summed E-state index contributed by atoms with van der Waals surface area (Å²) < 4.78 is 5.85. The minimum Gasteiger partial charge on any atom is -0.373 e.